The van der Waals surface area contributed by atoms with E-state index in [1.165, 1.54) is 56.2 Å². The molecule has 0 spiro atoms. The van der Waals surface area contributed by atoms with Crippen molar-refractivity contribution >= 4 is 11.8 Å². The number of H-pyrrole nitrogens is 2. The topological polar surface area (TPSA) is 53.2 Å². The molecule has 2 aromatic heterocycles. The summed E-state index contributed by atoms with van der Waals surface area (Å²) >= 11 is 0. The third kappa shape index (κ3) is 5.11. The molecule has 4 nitrogen and oxygen atoms in total. The Morgan fingerprint density at radius 1 is 1.03 bits per heavy atom. The minimum atomic E-state index is 0.718. The third-order valence-corrected chi connectivity index (χ3v) is 5.75. The molecule has 2 aliphatic rings. The molecule has 154 valence electrons. The summed E-state index contributed by atoms with van der Waals surface area (Å²) in [5.74, 6) is 0.907. The van der Waals surface area contributed by atoms with Gasteiger partial charge in [-0.1, -0.05) is 39.0 Å². The van der Waals surface area contributed by atoms with Crippen molar-refractivity contribution in [1.82, 2.24) is 9.97 Å². The summed E-state index contributed by atoms with van der Waals surface area (Å²) in [6, 6.07) is 6.19. The van der Waals surface area contributed by atoms with E-state index in [2.05, 4.69) is 41.2 Å². The van der Waals surface area contributed by atoms with Gasteiger partial charge in [0.2, 0.25) is 0 Å². The fourth-order valence-electron chi connectivity index (χ4n) is 4.16. The Hall–Kier alpha value is -2.49. The molecule has 0 saturated carbocycles. The largest absolute Gasteiger partial charge is 0.491 e. The quantitative estimate of drug-likeness (QED) is 0.564. The third-order valence-electron chi connectivity index (χ3n) is 5.75. The highest BCUT2D eigenvalue weighted by Crippen LogP contribution is 2.33. The monoisotopic (exact) mass is 391 g/mol. The lowest BCUT2D eigenvalue weighted by Gasteiger charge is -2.06. The van der Waals surface area contributed by atoms with Gasteiger partial charge in [-0.05, 0) is 62.0 Å². The number of aromatic nitrogens is 2. The number of ether oxygens (including phenoxy) is 1. The normalized spacial score (nSPS) is 19.4. The second-order valence-corrected chi connectivity index (χ2v) is 8.17. The van der Waals surface area contributed by atoms with Gasteiger partial charge in [0.25, 0.3) is 0 Å². The van der Waals surface area contributed by atoms with Crippen LogP contribution in [0.4, 0.5) is 0 Å². The van der Waals surface area contributed by atoms with Crippen molar-refractivity contribution in [2.45, 2.75) is 71.1 Å². The van der Waals surface area contributed by atoms with Crippen molar-refractivity contribution in [2.75, 3.05) is 6.61 Å². The molecule has 0 saturated heterocycles. The van der Waals surface area contributed by atoms with Crippen LogP contribution in [0.1, 0.15) is 76.8 Å². The number of rotatable bonds is 5. The van der Waals surface area contributed by atoms with Crippen LogP contribution >= 0.6 is 0 Å². The number of nitrogens with one attached hydrogen (secondary N) is 2. The molecule has 0 fully saturated rings. The fraction of sp³-hybridized carbons (Fsp3) is 0.480. The van der Waals surface area contributed by atoms with Crippen molar-refractivity contribution < 1.29 is 4.74 Å². The number of aliphatic imine (C=N–C) groups is 1. The maximum Gasteiger partial charge on any atom is 0.144 e. The summed E-state index contributed by atoms with van der Waals surface area (Å²) in [6.45, 7) is 2.85. The molecule has 0 atom stereocenters. The summed E-state index contributed by atoms with van der Waals surface area (Å²) in [5.41, 5.74) is 6.88. The lowest BCUT2D eigenvalue weighted by Crippen LogP contribution is -1.95. The second-order valence-electron chi connectivity index (χ2n) is 8.17. The van der Waals surface area contributed by atoms with Crippen LogP contribution in [-0.4, -0.2) is 22.3 Å². The van der Waals surface area contributed by atoms with Gasteiger partial charge in [-0.2, -0.15) is 0 Å². The van der Waals surface area contributed by atoms with E-state index in [1.807, 2.05) is 12.3 Å². The van der Waals surface area contributed by atoms with Crippen LogP contribution in [0.2, 0.25) is 0 Å². The minimum Gasteiger partial charge on any atom is -0.491 e. The first-order valence-corrected chi connectivity index (χ1v) is 11.3. The number of nitrogens with zero attached hydrogens (tertiary/aromatic N) is 1. The molecule has 1 aliphatic heterocycles. The molecule has 4 rings (SSSR count). The molecule has 3 heterocycles. The van der Waals surface area contributed by atoms with Crippen LogP contribution < -0.4 is 4.74 Å². The summed E-state index contributed by atoms with van der Waals surface area (Å²) in [6.07, 6.45) is 19.0. The molecule has 2 aromatic rings. The average Bonchev–Trinajstić information content (AvgIpc) is 3.45. The first-order chi connectivity index (χ1) is 14.3. The van der Waals surface area contributed by atoms with E-state index < -0.39 is 0 Å². The maximum atomic E-state index is 6.05. The molecule has 29 heavy (non-hydrogen) atoms. The molecule has 0 radical (unpaired) electrons. The van der Waals surface area contributed by atoms with E-state index in [9.17, 15) is 0 Å². The second kappa shape index (κ2) is 9.82. The van der Waals surface area contributed by atoms with Gasteiger partial charge >= 0.3 is 0 Å². The number of hydrogen-bond acceptors (Lipinski definition) is 2. The Morgan fingerprint density at radius 3 is 2.59 bits per heavy atom. The van der Waals surface area contributed by atoms with E-state index in [-0.39, 0.29) is 0 Å². The predicted molar refractivity (Wildman–Crippen MR) is 121 cm³/mol. The highest BCUT2D eigenvalue weighted by molar-refractivity contribution is 6.00. The standard InChI is InChI=1S/C25H33N3O/c1-2-15-29-25-18-23(21-13-10-14-26-21)28-24(25)17-22-19-11-8-6-4-3-5-7-9-12-20(16-19)27-22/h10,13-14,16-18,26,28H,2-9,11-12,15H2,1H3. The van der Waals surface area contributed by atoms with Crippen LogP contribution in [0.15, 0.2) is 46.7 Å². The van der Waals surface area contributed by atoms with E-state index in [4.69, 9.17) is 9.73 Å². The zero-order valence-electron chi connectivity index (χ0n) is 17.6. The van der Waals surface area contributed by atoms with Crippen molar-refractivity contribution in [2.24, 2.45) is 4.99 Å². The molecule has 0 aromatic carbocycles. The van der Waals surface area contributed by atoms with Gasteiger partial charge in [-0.3, -0.25) is 4.99 Å². The zero-order chi connectivity index (χ0) is 19.9. The number of allylic oxidation sites excluding steroid dienone is 2. The van der Waals surface area contributed by atoms with Crippen LogP contribution in [0, 0.1) is 0 Å². The lowest BCUT2D eigenvalue weighted by atomic mass is 10.00. The lowest BCUT2D eigenvalue weighted by molar-refractivity contribution is 0.317. The summed E-state index contributed by atoms with van der Waals surface area (Å²) in [5, 5.41) is 0. The predicted octanol–water partition coefficient (Wildman–Crippen LogP) is 7.05. The van der Waals surface area contributed by atoms with Crippen LogP contribution in [0.3, 0.4) is 0 Å². The summed E-state index contributed by atoms with van der Waals surface area (Å²) in [4.78, 5) is 11.8. The fourth-order valence-corrected chi connectivity index (χ4v) is 4.16. The van der Waals surface area contributed by atoms with Crippen LogP contribution in [0.25, 0.3) is 17.5 Å². The molecule has 0 unspecified atom stereocenters. The highest BCUT2D eigenvalue weighted by atomic mass is 16.5. The van der Waals surface area contributed by atoms with E-state index >= 15 is 0 Å². The summed E-state index contributed by atoms with van der Waals surface area (Å²) < 4.78 is 6.05. The summed E-state index contributed by atoms with van der Waals surface area (Å²) in [7, 11) is 0. The van der Waals surface area contributed by atoms with Gasteiger partial charge in [0.05, 0.1) is 29.4 Å². The van der Waals surface area contributed by atoms with Crippen molar-refractivity contribution in [3.8, 4) is 17.1 Å². The maximum absolute atomic E-state index is 6.05. The van der Waals surface area contributed by atoms with Crippen LogP contribution in [0.5, 0.6) is 5.75 Å². The van der Waals surface area contributed by atoms with Crippen molar-refractivity contribution in [1.29, 1.82) is 0 Å². The molecule has 1 aliphatic carbocycles. The molecule has 2 bridgehead atoms. The average molecular weight is 392 g/mol. The van der Waals surface area contributed by atoms with Crippen LogP contribution in [-0.2, 0) is 0 Å². The highest BCUT2D eigenvalue weighted by Gasteiger charge is 2.17. The Balaban J connectivity index is 1.62. The Labute approximate surface area is 174 Å². The zero-order valence-corrected chi connectivity index (χ0v) is 17.6. The number of fused-ring (bicyclic) bond motifs is 1. The Bertz CT molecular complexity index is 883. The molecule has 2 N–H and O–H groups in total. The van der Waals surface area contributed by atoms with Gasteiger partial charge < -0.3 is 14.7 Å². The molecular formula is C25H33N3O. The van der Waals surface area contributed by atoms with Gasteiger partial charge in [0.15, 0.2) is 0 Å². The molecular weight excluding hydrogens is 358 g/mol. The van der Waals surface area contributed by atoms with Gasteiger partial charge in [-0.15, -0.1) is 0 Å². The van der Waals surface area contributed by atoms with Gasteiger partial charge in [0, 0.05) is 18.0 Å². The molecule has 0 amide bonds. The van der Waals surface area contributed by atoms with Crippen molar-refractivity contribution in [3.05, 3.63) is 47.4 Å². The minimum absolute atomic E-state index is 0.718. The van der Waals surface area contributed by atoms with Gasteiger partial charge in [0.1, 0.15) is 5.75 Å². The Morgan fingerprint density at radius 2 is 1.83 bits per heavy atom. The number of aromatic amines is 2. The SMILES string of the molecule is CCCOc1cc(-c2ccc[nH]2)[nH]c1C=C1N=C2C=C1CCCCCCCCC2. The van der Waals surface area contributed by atoms with E-state index in [1.54, 1.807) is 0 Å². The van der Waals surface area contributed by atoms with Crippen molar-refractivity contribution in [3.63, 3.8) is 0 Å². The van der Waals surface area contributed by atoms with E-state index in [0.717, 1.165) is 54.4 Å². The Kier molecular flexibility index (Phi) is 6.71. The smallest absolute Gasteiger partial charge is 0.144 e. The van der Waals surface area contributed by atoms with E-state index in [0.29, 0.717) is 0 Å². The van der Waals surface area contributed by atoms with Gasteiger partial charge in [-0.25, -0.2) is 0 Å². The molecule has 4 heteroatoms. The first kappa shape index (κ1) is 19.8. The number of hydrogen-bond donors (Lipinski definition) is 2. The first-order valence-electron chi connectivity index (χ1n) is 11.3.